The van der Waals surface area contributed by atoms with Crippen LogP contribution in [0.15, 0.2) is 29.3 Å². The predicted octanol–water partition coefficient (Wildman–Crippen LogP) is 2.37. The standard InChI is InChI=1S/C10H12N2.C2H6/c1-8-2-4-9(5-3-8)10-11-6-7-12-10;1-2/h2-5H,6-7H2,1H3,(H,11,12);1-2H3. The van der Waals surface area contributed by atoms with E-state index in [9.17, 15) is 0 Å². The van der Waals surface area contributed by atoms with Crippen LogP contribution < -0.4 is 5.32 Å². The molecule has 1 heterocycles. The van der Waals surface area contributed by atoms with Crippen LogP contribution in [0.4, 0.5) is 0 Å². The molecule has 0 fully saturated rings. The van der Waals surface area contributed by atoms with E-state index in [1.165, 1.54) is 11.1 Å². The molecule has 0 saturated heterocycles. The van der Waals surface area contributed by atoms with Gasteiger partial charge in [-0.05, 0) is 6.92 Å². The van der Waals surface area contributed by atoms with Gasteiger partial charge in [0.2, 0.25) is 0 Å². The maximum Gasteiger partial charge on any atom is 0.128 e. The highest BCUT2D eigenvalue weighted by Crippen LogP contribution is 2.05. The highest BCUT2D eigenvalue weighted by atomic mass is 15.1. The number of hydrogen-bond acceptors (Lipinski definition) is 2. The van der Waals surface area contributed by atoms with E-state index in [1.807, 2.05) is 13.8 Å². The van der Waals surface area contributed by atoms with Crippen LogP contribution in [0.1, 0.15) is 25.0 Å². The van der Waals surface area contributed by atoms with Crippen molar-refractivity contribution in [1.29, 1.82) is 0 Å². The predicted molar refractivity (Wildman–Crippen MR) is 61.9 cm³/mol. The summed E-state index contributed by atoms with van der Waals surface area (Å²) in [5, 5.41) is 3.24. The smallest absolute Gasteiger partial charge is 0.128 e. The van der Waals surface area contributed by atoms with Crippen LogP contribution in [0, 0.1) is 6.92 Å². The fourth-order valence-corrected chi connectivity index (χ4v) is 1.30. The molecule has 0 atom stereocenters. The summed E-state index contributed by atoms with van der Waals surface area (Å²) < 4.78 is 0. The Hall–Kier alpha value is -1.31. The lowest BCUT2D eigenvalue weighted by Gasteiger charge is -2.01. The van der Waals surface area contributed by atoms with Crippen LogP contribution in [0.25, 0.3) is 0 Å². The number of nitrogens with one attached hydrogen (secondary N) is 1. The number of aryl methyl sites for hydroxylation is 1. The van der Waals surface area contributed by atoms with Crippen molar-refractivity contribution >= 4 is 5.84 Å². The summed E-state index contributed by atoms with van der Waals surface area (Å²) in [5.41, 5.74) is 2.48. The maximum atomic E-state index is 4.34. The molecule has 1 aliphatic rings. The molecule has 0 unspecified atom stereocenters. The zero-order valence-corrected chi connectivity index (χ0v) is 9.17. The Bertz CT molecular complexity index is 299. The average molecular weight is 190 g/mol. The summed E-state index contributed by atoms with van der Waals surface area (Å²) in [6.07, 6.45) is 0. The van der Waals surface area contributed by atoms with E-state index in [-0.39, 0.29) is 0 Å². The Balaban J connectivity index is 0.000000461. The van der Waals surface area contributed by atoms with Crippen molar-refractivity contribution in [1.82, 2.24) is 5.32 Å². The van der Waals surface area contributed by atoms with Gasteiger partial charge in [0.1, 0.15) is 5.84 Å². The lowest BCUT2D eigenvalue weighted by atomic mass is 10.1. The third kappa shape index (κ3) is 2.59. The van der Waals surface area contributed by atoms with Gasteiger partial charge in [0, 0.05) is 12.1 Å². The maximum absolute atomic E-state index is 4.34. The Morgan fingerprint density at radius 1 is 1.14 bits per heavy atom. The molecule has 2 nitrogen and oxygen atoms in total. The minimum atomic E-state index is 0.906. The van der Waals surface area contributed by atoms with Crippen LogP contribution in [-0.4, -0.2) is 18.9 Å². The molecule has 0 spiro atoms. The third-order valence-corrected chi connectivity index (χ3v) is 2.00. The van der Waals surface area contributed by atoms with Gasteiger partial charge >= 0.3 is 0 Å². The monoisotopic (exact) mass is 190 g/mol. The van der Waals surface area contributed by atoms with Crippen molar-refractivity contribution in [2.75, 3.05) is 13.1 Å². The summed E-state index contributed by atoms with van der Waals surface area (Å²) in [6.45, 7) is 7.97. The number of rotatable bonds is 1. The first-order valence-electron chi connectivity index (χ1n) is 5.21. The second-order valence-electron chi connectivity index (χ2n) is 3.02. The van der Waals surface area contributed by atoms with Gasteiger partial charge < -0.3 is 5.32 Å². The molecule has 0 radical (unpaired) electrons. The number of amidine groups is 1. The highest BCUT2D eigenvalue weighted by molar-refractivity contribution is 5.99. The molecular formula is C12H18N2. The molecule has 2 rings (SSSR count). The van der Waals surface area contributed by atoms with Crippen molar-refractivity contribution in [3.8, 4) is 0 Å². The van der Waals surface area contributed by atoms with Crippen LogP contribution >= 0.6 is 0 Å². The largest absolute Gasteiger partial charge is 0.368 e. The van der Waals surface area contributed by atoms with Gasteiger partial charge in [0.05, 0.1) is 6.54 Å². The molecular weight excluding hydrogens is 172 g/mol. The van der Waals surface area contributed by atoms with E-state index >= 15 is 0 Å². The summed E-state index contributed by atoms with van der Waals surface area (Å²) >= 11 is 0. The van der Waals surface area contributed by atoms with Crippen molar-refractivity contribution in [2.45, 2.75) is 20.8 Å². The summed E-state index contributed by atoms with van der Waals surface area (Å²) in [4.78, 5) is 4.34. The van der Waals surface area contributed by atoms with E-state index in [2.05, 4.69) is 41.5 Å². The van der Waals surface area contributed by atoms with Crippen molar-refractivity contribution in [3.63, 3.8) is 0 Å². The molecule has 14 heavy (non-hydrogen) atoms. The Kier molecular flexibility index (Phi) is 4.17. The highest BCUT2D eigenvalue weighted by Gasteiger charge is 2.05. The number of hydrogen-bond donors (Lipinski definition) is 1. The molecule has 1 aromatic rings. The fourth-order valence-electron chi connectivity index (χ4n) is 1.30. The summed E-state index contributed by atoms with van der Waals surface area (Å²) in [7, 11) is 0. The lowest BCUT2D eigenvalue weighted by Crippen LogP contribution is -2.19. The fraction of sp³-hybridized carbons (Fsp3) is 0.417. The second kappa shape index (κ2) is 5.43. The van der Waals surface area contributed by atoms with Gasteiger partial charge in [0.25, 0.3) is 0 Å². The minimum absolute atomic E-state index is 0.906. The average Bonchev–Trinajstić information content (AvgIpc) is 2.75. The summed E-state index contributed by atoms with van der Waals surface area (Å²) in [5.74, 6) is 1.04. The van der Waals surface area contributed by atoms with Gasteiger partial charge in [-0.15, -0.1) is 0 Å². The minimum Gasteiger partial charge on any atom is -0.368 e. The topological polar surface area (TPSA) is 24.4 Å². The van der Waals surface area contributed by atoms with Crippen molar-refractivity contribution in [3.05, 3.63) is 35.4 Å². The van der Waals surface area contributed by atoms with Gasteiger partial charge in [-0.25, -0.2) is 0 Å². The molecule has 2 heteroatoms. The molecule has 76 valence electrons. The molecule has 0 aromatic heterocycles. The first-order valence-corrected chi connectivity index (χ1v) is 5.21. The molecule has 0 aliphatic carbocycles. The SMILES string of the molecule is CC.Cc1ccc(C2=NCCN2)cc1. The van der Waals surface area contributed by atoms with Gasteiger partial charge in [-0.1, -0.05) is 43.7 Å². The zero-order valence-electron chi connectivity index (χ0n) is 9.17. The van der Waals surface area contributed by atoms with Crippen LogP contribution in [-0.2, 0) is 0 Å². The van der Waals surface area contributed by atoms with Gasteiger partial charge in [-0.3, -0.25) is 4.99 Å². The van der Waals surface area contributed by atoms with Crippen LogP contribution in [0.2, 0.25) is 0 Å². The van der Waals surface area contributed by atoms with Gasteiger partial charge in [-0.2, -0.15) is 0 Å². The Morgan fingerprint density at radius 3 is 2.29 bits per heavy atom. The van der Waals surface area contributed by atoms with Gasteiger partial charge in [0.15, 0.2) is 0 Å². The third-order valence-electron chi connectivity index (χ3n) is 2.00. The van der Waals surface area contributed by atoms with Crippen LogP contribution in [0.3, 0.4) is 0 Å². The molecule has 1 aromatic carbocycles. The second-order valence-corrected chi connectivity index (χ2v) is 3.02. The molecule has 1 N–H and O–H groups in total. The van der Waals surface area contributed by atoms with E-state index in [1.54, 1.807) is 0 Å². The van der Waals surface area contributed by atoms with Crippen LogP contribution in [0.5, 0.6) is 0 Å². The zero-order chi connectivity index (χ0) is 10.4. The summed E-state index contributed by atoms with van der Waals surface area (Å²) in [6, 6.07) is 8.43. The Morgan fingerprint density at radius 2 is 1.79 bits per heavy atom. The lowest BCUT2D eigenvalue weighted by molar-refractivity contribution is 0.960. The number of aliphatic imine (C=N–C) groups is 1. The van der Waals surface area contributed by atoms with Crippen molar-refractivity contribution in [2.24, 2.45) is 4.99 Å². The normalized spacial score (nSPS) is 13.8. The number of benzene rings is 1. The molecule has 0 amide bonds. The van der Waals surface area contributed by atoms with Crippen molar-refractivity contribution < 1.29 is 0 Å². The quantitative estimate of drug-likeness (QED) is 0.722. The molecule has 0 bridgehead atoms. The molecule has 1 aliphatic heterocycles. The number of nitrogens with zero attached hydrogens (tertiary/aromatic N) is 1. The Labute approximate surface area is 86.1 Å². The van der Waals surface area contributed by atoms with E-state index in [4.69, 9.17) is 0 Å². The first-order chi connectivity index (χ1) is 6.86. The molecule has 0 saturated carbocycles. The van der Waals surface area contributed by atoms with E-state index < -0.39 is 0 Å². The first kappa shape index (κ1) is 10.8. The van der Waals surface area contributed by atoms with E-state index in [0.717, 1.165) is 18.9 Å². The van der Waals surface area contributed by atoms with E-state index in [0.29, 0.717) is 0 Å².